The Balaban J connectivity index is 1.46. The van der Waals surface area contributed by atoms with Crippen LogP contribution in [0.3, 0.4) is 0 Å². The molecular weight excluding hydrogens is 368 g/mol. The Morgan fingerprint density at radius 2 is 1.72 bits per heavy atom. The SMILES string of the molecule is Cc1cccc(C(=O)Nc2ccccc2C(=O)NCc2ccc3c(c2)OCO3)c1. The topological polar surface area (TPSA) is 76.7 Å². The van der Waals surface area contributed by atoms with Gasteiger partial charge < -0.3 is 20.1 Å². The lowest BCUT2D eigenvalue weighted by Crippen LogP contribution is -2.24. The summed E-state index contributed by atoms with van der Waals surface area (Å²) in [6, 6.07) is 19.8. The predicted molar refractivity (Wildman–Crippen MR) is 109 cm³/mol. The molecule has 0 saturated heterocycles. The number of ether oxygens (including phenoxy) is 2. The number of hydrogen-bond donors (Lipinski definition) is 2. The Morgan fingerprint density at radius 1 is 0.897 bits per heavy atom. The first kappa shape index (κ1) is 18.6. The van der Waals surface area contributed by atoms with Gasteiger partial charge in [-0.2, -0.15) is 0 Å². The second kappa shape index (κ2) is 8.06. The van der Waals surface area contributed by atoms with Gasteiger partial charge in [0.25, 0.3) is 11.8 Å². The quantitative estimate of drug-likeness (QED) is 0.695. The first-order valence-corrected chi connectivity index (χ1v) is 9.24. The van der Waals surface area contributed by atoms with Gasteiger partial charge in [0.1, 0.15) is 0 Å². The van der Waals surface area contributed by atoms with Crippen LogP contribution in [0, 0.1) is 6.92 Å². The van der Waals surface area contributed by atoms with Crippen molar-refractivity contribution in [2.24, 2.45) is 0 Å². The molecule has 2 amide bonds. The van der Waals surface area contributed by atoms with Crippen LogP contribution in [0.4, 0.5) is 5.69 Å². The summed E-state index contributed by atoms with van der Waals surface area (Å²) < 4.78 is 10.7. The Labute approximate surface area is 168 Å². The average molecular weight is 388 g/mol. The molecule has 0 aliphatic carbocycles. The second-order valence-electron chi connectivity index (χ2n) is 6.74. The summed E-state index contributed by atoms with van der Waals surface area (Å²) in [6.07, 6.45) is 0. The zero-order valence-electron chi connectivity index (χ0n) is 15.9. The number of carbonyl (C=O) groups excluding carboxylic acids is 2. The molecule has 0 atom stereocenters. The van der Waals surface area contributed by atoms with E-state index in [4.69, 9.17) is 9.47 Å². The number of amides is 2. The molecule has 2 N–H and O–H groups in total. The Bertz CT molecular complexity index is 1080. The van der Waals surface area contributed by atoms with Crippen molar-refractivity contribution in [2.45, 2.75) is 13.5 Å². The van der Waals surface area contributed by atoms with Crippen molar-refractivity contribution < 1.29 is 19.1 Å². The molecule has 3 aromatic carbocycles. The summed E-state index contributed by atoms with van der Waals surface area (Å²) in [5.74, 6) is 0.833. The lowest BCUT2D eigenvalue weighted by Gasteiger charge is -2.12. The number of benzene rings is 3. The third-order valence-corrected chi connectivity index (χ3v) is 4.59. The van der Waals surface area contributed by atoms with Crippen molar-refractivity contribution in [3.8, 4) is 11.5 Å². The third-order valence-electron chi connectivity index (χ3n) is 4.59. The molecule has 4 rings (SSSR count). The number of hydrogen-bond acceptors (Lipinski definition) is 4. The van der Waals surface area contributed by atoms with Crippen molar-refractivity contribution in [3.63, 3.8) is 0 Å². The monoisotopic (exact) mass is 388 g/mol. The number of aryl methyl sites for hydroxylation is 1. The van der Waals surface area contributed by atoms with Crippen LogP contribution in [0.15, 0.2) is 66.7 Å². The minimum Gasteiger partial charge on any atom is -0.454 e. The highest BCUT2D eigenvalue weighted by Gasteiger charge is 2.16. The molecule has 3 aromatic rings. The van der Waals surface area contributed by atoms with Crippen LogP contribution in [0.1, 0.15) is 31.8 Å². The fourth-order valence-electron chi connectivity index (χ4n) is 3.10. The summed E-state index contributed by atoms with van der Waals surface area (Å²) in [7, 11) is 0. The highest BCUT2D eigenvalue weighted by molar-refractivity contribution is 6.09. The van der Waals surface area contributed by atoms with E-state index in [0.717, 1.165) is 11.1 Å². The molecule has 0 fully saturated rings. The molecule has 29 heavy (non-hydrogen) atoms. The van der Waals surface area contributed by atoms with Crippen LogP contribution in [-0.2, 0) is 6.54 Å². The molecule has 6 nitrogen and oxygen atoms in total. The normalized spacial score (nSPS) is 11.8. The molecule has 0 saturated carbocycles. The van der Waals surface area contributed by atoms with E-state index in [1.165, 1.54) is 0 Å². The van der Waals surface area contributed by atoms with Gasteiger partial charge in [-0.15, -0.1) is 0 Å². The molecule has 1 heterocycles. The summed E-state index contributed by atoms with van der Waals surface area (Å²) in [4.78, 5) is 25.3. The van der Waals surface area contributed by atoms with Crippen LogP contribution < -0.4 is 20.1 Å². The van der Waals surface area contributed by atoms with E-state index in [1.807, 2.05) is 37.3 Å². The van der Waals surface area contributed by atoms with E-state index in [0.29, 0.717) is 34.9 Å². The minimum absolute atomic E-state index is 0.207. The van der Waals surface area contributed by atoms with Crippen molar-refractivity contribution in [3.05, 3.63) is 89.0 Å². The van der Waals surface area contributed by atoms with Gasteiger partial charge in [-0.25, -0.2) is 0 Å². The Kier molecular flexibility index (Phi) is 5.16. The standard InChI is InChI=1S/C23H20N2O4/c1-15-5-4-6-17(11-15)22(26)25-19-8-3-2-7-18(19)23(27)24-13-16-9-10-20-21(12-16)29-14-28-20/h2-12H,13-14H2,1H3,(H,24,27)(H,25,26). The molecule has 146 valence electrons. The molecule has 0 bridgehead atoms. The van der Waals surface area contributed by atoms with Crippen LogP contribution in [0.25, 0.3) is 0 Å². The van der Waals surface area contributed by atoms with Crippen LogP contribution in [0.5, 0.6) is 11.5 Å². The number of rotatable bonds is 5. The zero-order chi connectivity index (χ0) is 20.2. The minimum atomic E-state index is -0.275. The van der Waals surface area contributed by atoms with E-state index in [9.17, 15) is 9.59 Å². The molecule has 1 aliphatic rings. The number of anilines is 1. The van der Waals surface area contributed by atoms with Gasteiger partial charge in [0, 0.05) is 12.1 Å². The van der Waals surface area contributed by atoms with Gasteiger partial charge in [0.05, 0.1) is 11.3 Å². The molecule has 1 aliphatic heterocycles. The van der Waals surface area contributed by atoms with Crippen LogP contribution in [0.2, 0.25) is 0 Å². The summed E-state index contributed by atoms with van der Waals surface area (Å²) in [5.41, 5.74) is 3.29. The number of carbonyl (C=O) groups is 2. The summed E-state index contributed by atoms with van der Waals surface area (Å²) >= 11 is 0. The van der Waals surface area contributed by atoms with Gasteiger partial charge >= 0.3 is 0 Å². The second-order valence-corrected chi connectivity index (χ2v) is 6.74. The lowest BCUT2D eigenvalue weighted by molar-refractivity contribution is 0.0951. The maximum atomic E-state index is 12.7. The molecular formula is C23H20N2O4. The van der Waals surface area contributed by atoms with Gasteiger partial charge in [-0.05, 0) is 48.9 Å². The largest absolute Gasteiger partial charge is 0.454 e. The molecule has 0 aromatic heterocycles. The molecule has 0 radical (unpaired) electrons. The maximum absolute atomic E-state index is 12.7. The highest BCUT2D eigenvalue weighted by Crippen LogP contribution is 2.32. The smallest absolute Gasteiger partial charge is 0.255 e. The lowest BCUT2D eigenvalue weighted by atomic mass is 10.1. The first-order valence-electron chi connectivity index (χ1n) is 9.24. The fraction of sp³-hybridized carbons (Fsp3) is 0.130. The maximum Gasteiger partial charge on any atom is 0.255 e. The average Bonchev–Trinajstić information content (AvgIpc) is 3.20. The highest BCUT2D eigenvalue weighted by atomic mass is 16.7. The van der Waals surface area contributed by atoms with E-state index in [-0.39, 0.29) is 18.6 Å². The first-order chi connectivity index (χ1) is 14.1. The van der Waals surface area contributed by atoms with Gasteiger partial charge in [-0.1, -0.05) is 35.9 Å². The Hall–Kier alpha value is -3.80. The van der Waals surface area contributed by atoms with Crippen molar-refractivity contribution in [1.29, 1.82) is 0 Å². The van der Waals surface area contributed by atoms with Gasteiger partial charge in [-0.3, -0.25) is 9.59 Å². The van der Waals surface area contributed by atoms with Crippen LogP contribution >= 0.6 is 0 Å². The summed E-state index contributed by atoms with van der Waals surface area (Å²) in [6.45, 7) is 2.46. The summed E-state index contributed by atoms with van der Waals surface area (Å²) in [5, 5.41) is 5.71. The molecule has 0 spiro atoms. The zero-order valence-corrected chi connectivity index (χ0v) is 15.9. The number of para-hydroxylation sites is 1. The number of fused-ring (bicyclic) bond motifs is 1. The predicted octanol–water partition coefficient (Wildman–Crippen LogP) is 3.91. The van der Waals surface area contributed by atoms with E-state index in [1.54, 1.807) is 36.4 Å². The van der Waals surface area contributed by atoms with E-state index in [2.05, 4.69) is 10.6 Å². The molecule has 0 unspecified atom stereocenters. The number of nitrogens with one attached hydrogen (secondary N) is 2. The van der Waals surface area contributed by atoms with Crippen LogP contribution in [-0.4, -0.2) is 18.6 Å². The fourth-order valence-corrected chi connectivity index (χ4v) is 3.10. The van der Waals surface area contributed by atoms with Crippen molar-refractivity contribution in [2.75, 3.05) is 12.1 Å². The Morgan fingerprint density at radius 3 is 2.59 bits per heavy atom. The van der Waals surface area contributed by atoms with E-state index >= 15 is 0 Å². The van der Waals surface area contributed by atoms with Gasteiger partial charge in [0.15, 0.2) is 11.5 Å². The molecule has 6 heteroatoms. The van der Waals surface area contributed by atoms with Gasteiger partial charge in [0.2, 0.25) is 6.79 Å². The van der Waals surface area contributed by atoms with E-state index < -0.39 is 0 Å². The third kappa shape index (κ3) is 4.21. The van der Waals surface area contributed by atoms with Crippen molar-refractivity contribution in [1.82, 2.24) is 5.32 Å². The van der Waals surface area contributed by atoms with Crippen molar-refractivity contribution >= 4 is 17.5 Å².